The minimum absolute atomic E-state index is 0.00751. The van der Waals surface area contributed by atoms with Gasteiger partial charge in [-0.15, -0.1) is 0 Å². The summed E-state index contributed by atoms with van der Waals surface area (Å²) in [6, 6.07) is 3.00. The molecule has 102 valence electrons. The highest BCUT2D eigenvalue weighted by Gasteiger charge is 2.27. The molecule has 2 heterocycles. The molecule has 0 unspecified atom stereocenters. The molecule has 1 saturated heterocycles. The first-order valence-electron chi connectivity index (χ1n) is 5.84. The van der Waals surface area contributed by atoms with Crippen LogP contribution in [-0.4, -0.2) is 51.7 Å². The third-order valence-electron chi connectivity index (χ3n) is 3.15. The summed E-state index contributed by atoms with van der Waals surface area (Å²) in [4.78, 5) is 28.0. The molecule has 1 aromatic heterocycles. The van der Waals surface area contributed by atoms with E-state index in [1.54, 1.807) is 6.07 Å². The van der Waals surface area contributed by atoms with Crippen LogP contribution in [0.1, 0.15) is 6.92 Å². The Bertz CT molecular complexity index is 490. The second-order valence-electron chi connectivity index (χ2n) is 4.40. The molecule has 1 amide bonds. The zero-order valence-corrected chi connectivity index (χ0v) is 10.4. The van der Waals surface area contributed by atoms with Crippen molar-refractivity contribution in [1.29, 1.82) is 0 Å². The van der Waals surface area contributed by atoms with Crippen LogP contribution >= 0.6 is 0 Å². The Morgan fingerprint density at radius 3 is 2.74 bits per heavy atom. The number of anilines is 1. The van der Waals surface area contributed by atoms with Gasteiger partial charge in [-0.2, -0.15) is 0 Å². The summed E-state index contributed by atoms with van der Waals surface area (Å²) in [7, 11) is 0. The number of pyridine rings is 1. The van der Waals surface area contributed by atoms with Gasteiger partial charge >= 0.3 is 11.9 Å². The van der Waals surface area contributed by atoms with E-state index < -0.39 is 11.0 Å². The summed E-state index contributed by atoms with van der Waals surface area (Å²) in [6.07, 6.45) is 0.527. The maximum Gasteiger partial charge on any atom is 0.407 e. The highest BCUT2D eigenvalue weighted by molar-refractivity contribution is 5.65. The van der Waals surface area contributed by atoms with E-state index in [4.69, 9.17) is 5.11 Å². The summed E-state index contributed by atoms with van der Waals surface area (Å²) >= 11 is 0. The second-order valence-corrected chi connectivity index (χ2v) is 4.40. The molecule has 0 bridgehead atoms. The van der Waals surface area contributed by atoms with Gasteiger partial charge in [-0.05, 0) is 22.9 Å². The van der Waals surface area contributed by atoms with Gasteiger partial charge in [0.25, 0.3) is 0 Å². The summed E-state index contributed by atoms with van der Waals surface area (Å²) in [5, 5.41) is 19.5. The van der Waals surface area contributed by atoms with Gasteiger partial charge in [0.1, 0.15) is 0 Å². The Hall–Kier alpha value is -2.38. The lowest BCUT2D eigenvalue weighted by atomic mass is 10.2. The van der Waals surface area contributed by atoms with Crippen LogP contribution in [0, 0.1) is 10.1 Å². The lowest BCUT2D eigenvalue weighted by Gasteiger charge is -2.39. The highest BCUT2D eigenvalue weighted by Crippen LogP contribution is 2.21. The molecule has 0 saturated carbocycles. The molecule has 0 radical (unpaired) electrons. The van der Waals surface area contributed by atoms with E-state index >= 15 is 0 Å². The minimum atomic E-state index is -0.923. The van der Waals surface area contributed by atoms with Gasteiger partial charge in [0.05, 0.1) is 5.69 Å². The zero-order chi connectivity index (χ0) is 14.0. The summed E-state index contributed by atoms with van der Waals surface area (Å²) in [6.45, 7) is 3.28. The number of aromatic nitrogens is 1. The molecule has 2 rings (SSSR count). The van der Waals surface area contributed by atoms with Gasteiger partial charge in [0, 0.05) is 31.7 Å². The first-order chi connectivity index (χ1) is 8.99. The van der Waals surface area contributed by atoms with Gasteiger partial charge in [-0.3, -0.25) is 0 Å². The van der Waals surface area contributed by atoms with Crippen LogP contribution in [0.3, 0.4) is 0 Å². The molecule has 0 aliphatic carbocycles. The van der Waals surface area contributed by atoms with Gasteiger partial charge in [0.2, 0.25) is 0 Å². The quantitative estimate of drug-likeness (QED) is 0.637. The Kier molecular flexibility index (Phi) is 3.50. The monoisotopic (exact) mass is 266 g/mol. The normalized spacial score (nSPS) is 19.3. The topological polar surface area (TPSA) is 99.8 Å². The lowest BCUT2D eigenvalue weighted by molar-refractivity contribution is -0.389. The number of amides is 1. The molecule has 0 spiro atoms. The van der Waals surface area contributed by atoms with E-state index in [-0.39, 0.29) is 11.9 Å². The highest BCUT2D eigenvalue weighted by atomic mass is 16.6. The molecule has 1 aliphatic heterocycles. The average molecular weight is 266 g/mol. The second kappa shape index (κ2) is 5.09. The SMILES string of the molecule is C[C@@H]1CN(C(=O)O)CCN1c1ccc([N+](=O)[O-])nc1. The number of nitro groups is 1. The molecule has 1 aromatic rings. The van der Waals surface area contributed by atoms with Crippen molar-refractivity contribution in [2.75, 3.05) is 24.5 Å². The fourth-order valence-corrected chi connectivity index (χ4v) is 2.17. The largest absolute Gasteiger partial charge is 0.465 e. The Balaban J connectivity index is 2.10. The number of rotatable bonds is 2. The van der Waals surface area contributed by atoms with E-state index in [1.807, 2.05) is 11.8 Å². The maximum atomic E-state index is 10.9. The van der Waals surface area contributed by atoms with E-state index in [9.17, 15) is 14.9 Å². The number of nitrogens with zero attached hydrogens (tertiary/aromatic N) is 4. The smallest absolute Gasteiger partial charge is 0.407 e. The van der Waals surface area contributed by atoms with Crippen molar-refractivity contribution in [2.45, 2.75) is 13.0 Å². The van der Waals surface area contributed by atoms with Crippen molar-refractivity contribution >= 4 is 17.6 Å². The van der Waals surface area contributed by atoms with Gasteiger partial charge in [-0.25, -0.2) is 4.79 Å². The van der Waals surface area contributed by atoms with E-state index in [0.29, 0.717) is 19.6 Å². The molecule has 19 heavy (non-hydrogen) atoms. The van der Waals surface area contributed by atoms with Crippen LogP contribution in [0.15, 0.2) is 18.3 Å². The molecule has 8 nitrogen and oxygen atoms in total. The van der Waals surface area contributed by atoms with E-state index in [1.165, 1.54) is 17.2 Å². The molecular formula is C11H14N4O4. The number of carbonyl (C=O) groups is 1. The Labute approximate surface area is 109 Å². The zero-order valence-electron chi connectivity index (χ0n) is 10.4. The Morgan fingerprint density at radius 2 is 2.26 bits per heavy atom. The first kappa shape index (κ1) is 13.1. The van der Waals surface area contributed by atoms with Crippen molar-refractivity contribution in [3.63, 3.8) is 0 Å². The number of carboxylic acid groups (broad SMARTS) is 1. The Morgan fingerprint density at radius 1 is 1.53 bits per heavy atom. The molecule has 1 N–H and O–H groups in total. The van der Waals surface area contributed by atoms with Crippen molar-refractivity contribution in [3.05, 3.63) is 28.4 Å². The van der Waals surface area contributed by atoms with Crippen LogP contribution in [0.2, 0.25) is 0 Å². The predicted octanol–water partition coefficient (Wildman–Crippen LogP) is 1.18. The van der Waals surface area contributed by atoms with Gasteiger partial charge in [-0.1, -0.05) is 0 Å². The van der Waals surface area contributed by atoms with Crippen molar-refractivity contribution in [2.24, 2.45) is 0 Å². The maximum absolute atomic E-state index is 10.9. The van der Waals surface area contributed by atoms with Gasteiger partial charge < -0.3 is 25.0 Å². The standard InChI is InChI=1S/C11H14N4O4/c1-8-7-13(11(16)17)4-5-14(8)9-2-3-10(12-6-9)15(18)19/h2-3,6,8H,4-5,7H2,1H3,(H,16,17)/t8-/m1/s1. The average Bonchev–Trinajstić information content (AvgIpc) is 2.38. The molecule has 1 atom stereocenters. The van der Waals surface area contributed by atoms with Crippen molar-refractivity contribution in [1.82, 2.24) is 9.88 Å². The first-order valence-corrected chi connectivity index (χ1v) is 5.84. The van der Waals surface area contributed by atoms with Crippen molar-refractivity contribution in [3.8, 4) is 0 Å². The van der Waals surface area contributed by atoms with E-state index in [2.05, 4.69) is 4.98 Å². The van der Waals surface area contributed by atoms with Crippen LogP contribution in [0.25, 0.3) is 0 Å². The summed E-state index contributed by atoms with van der Waals surface area (Å²) < 4.78 is 0. The fourth-order valence-electron chi connectivity index (χ4n) is 2.17. The number of hydrogen-bond acceptors (Lipinski definition) is 5. The fraction of sp³-hybridized carbons (Fsp3) is 0.455. The van der Waals surface area contributed by atoms with Crippen LogP contribution in [0.4, 0.5) is 16.3 Å². The molecule has 1 fully saturated rings. The predicted molar refractivity (Wildman–Crippen MR) is 67.3 cm³/mol. The lowest BCUT2D eigenvalue weighted by Crippen LogP contribution is -2.53. The van der Waals surface area contributed by atoms with Crippen LogP contribution in [-0.2, 0) is 0 Å². The van der Waals surface area contributed by atoms with Gasteiger partial charge in [0.15, 0.2) is 6.20 Å². The molecular weight excluding hydrogens is 252 g/mol. The number of hydrogen-bond donors (Lipinski definition) is 1. The molecule has 1 aliphatic rings. The van der Waals surface area contributed by atoms with Crippen molar-refractivity contribution < 1.29 is 14.8 Å². The van der Waals surface area contributed by atoms with Crippen LogP contribution < -0.4 is 4.90 Å². The molecule has 0 aromatic carbocycles. The summed E-state index contributed by atoms with van der Waals surface area (Å²) in [5.41, 5.74) is 0.767. The number of piperazine rings is 1. The third-order valence-corrected chi connectivity index (χ3v) is 3.15. The van der Waals surface area contributed by atoms with Crippen LogP contribution in [0.5, 0.6) is 0 Å². The minimum Gasteiger partial charge on any atom is -0.465 e. The van der Waals surface area contributed by atoms with E-state index in [0.717, 1.165) is 5.69 Å². The third kappa shape index (κ3) is 2.72. The summed E-state index contributed by atoms with van der Waals surface area (Å²) in [5.74, 6) is -0.194. The molecule has 8 heteroatoms.